The van der Waals surface area contributed by atoms with Gasteiger partial charge >= 0.3 is 23.3 Å². The fourth-order valence-electron chi connectivity index (χ4n) is 2.90. The van der Waals surface area contributed by atoms with E-state index < -0.39 is 34.2 Å². The third-order valence-electron chi connectivity index (χ3n) is 4.29. The van der Waals surface area contributed by atoms with Crippen molar-refractivity contribution in [2.24, 2.45) is 5.73 Å². The van der Waals surface area contributed by atoms with Gasteiger partial charge in [0.15, 0.2) is 0 Å². The van der Waals surface area contributed by atoms with E-state index in [1.165, 1.54) is 0 Å². The molecule has 0 aromatic carbocycles. The highest BCUT2D eigenvalue weighted by Crippen LogP contribution is 2.32. The van der Waals surface area contributed by atoms with Crippen LogP contribution in [0.4, 0.5) is 0 Å². The van der Waals surface area contributed by atoms with Crippen LogP contribution in [0.25, 0.3) is 0 Å². The molecule has 0 amide bonds. The van der Waals surface area contributed by atoms with Crippen molar-refractivity contribution in [1.29, 1.82) is 0 Å². The standard InChI is InChI=1S/C19H38O5Si.C6H17NO2Si/c1-15(2)16(20)21-13-12-14-25(22-17(3,4)5,23-18(6,7)8)24-19(9,10)11;1-8-10(3,9-2)6-4-5-7/h1,12-14H2,2-11H3;4-7H2,1-3H3. The molecule has 0 saturated carbocycles. The van der Waals surface area contributed by atoms with Crippen LogP contribution in [0.2, 0.25) is 18.6 Å². The van der Waals surface area contributed by atoms with Gasteiger partial charge in [-0.05, 0) is 101 Å². The van der Waals surface area contributed by atoms with E-state index in [1.807, 2.05) is 68.9 Å². The van der Waals surface area contributed by atoms with Crippen LogP contribution >= 0.6 is 0 Å². The van der Waals surface area contributed by atoms with Crippen molar-refractivity contribution in [3.8, 4) is 0 Å². The second-order valence-electron chi connectivity index (χ2n) is 11.8. The van der Waals surface area contributed by atoms with Crippen LogP contribution in [0.15, 0.2) is 12.2 Å². The largest absolute Gasteiger partial charge is 0.502 e. The molecule has 0 aromatic heterocycles. The van der Waals surface area contributed by atoms with E-state index >= 15 is 0 Å². The zero-order chi connectivity index (χ0) is 28.1. The van der Waals surface area contributed by atoms with Crippen molar-refractivity contribution in [2.75, 3.05) is 27.4 Å². The summed E-state index contributed by atoms with van der Waals surface area (Å²) in [6.07, 6.45) is 1.60. The highest BCUT2D eigenvalue weighted by atomic mass is 28.4. The molecular formula is C25H55NO7Si2. The summed E-state index contributed by atoms with van der Waals surface area (Å²) < 4.78 is 34.8. The van der Waals surface area contributed by atoms with Gasteiger partial charge in [0.25, 0.3) is 0 Å². The van der Waals surface area contributed by atoms with E-state index in [9.17, 15) is 4.79 Å². The van der Waals surface area contributed by atoms with Gasteiger partial charge in [-0.25, -0.2) is 4.79 Å². The van der Waals surface area contributed by atoms with Gasteiger partial charge in [-0.1, -0.05) is 6.58 Å². The Balaban J connectivity index is 0. The smallest absolute Gasteiger partial charge is 0.462 e. The number of hydrogen-bond donors (Lipinski definition) is 1. The normalized spacial score (nSPS) is 13.2. The molecule has 10 heteroatoms. The monoisotopic (exact) mass is 537 g/mol. The van der Waals surface area contributed by atoms with E-state index in [2.05, 4.69) is 6.58 Å². The molecule has 8 nitrogen and oxygen atoms in total. The third-order valence-corrected chi connectivity index (χ3v) is 11.0. The van der Waals surface area contributed by atoms with Crippen LogP contribution in [0.5, 0.6) is 0 Å². The molecule has 35 heavy (non-hydrogen) atoms. The average molecular weight is 538 g/mol. The molecule has 210 valence electrons. The van der Waals surface area contributed by atoms with Crippen molar-refractivity contribution >= 4 is 23.3 Å². The molecule has 0 aliphatic heterocycles. The lowest BCUT2D eigenvalue weighted by Gasteiger charge is -2.43. The molecule has 0 bridgehead atoms. The molecule has 0 aliphatic rings. The highest BCUT2D eigenvalue weighted by Gasteiger charge is 2.49. The Morgan fingerprint density at radius 1 is 0.800 bits per heavy atom. The van der Waals surface area contributed by atoms with Crippen LogP contribution in [0.1, 0.15) is 82.1 Å². The summed E-state index contributed by atoms with van der Waals surface area (Å²) in [5, 5.41) is 0. The highest BCUT2D eigenvalue weighted by molar-refractivity contribution is 6.65. The predicted molar refractivity (Wildman–Crippen MR) is 148 cm³/mol. The Bertz CT molecular complexity index is 578. The van der Waals surface area contributed by atoms with Gasteiger partial charge < -0.3 is 32.6 Å². The second-order valence-corrected chi connectivity index (χ2v) is 17.8. The Labute approximate surface area is 217 Å². The van der Waals surface area contributed by atoms with Crippen molar-refractivity contribution in [3.05, 3.63) is 12.2 Å². The zero-order valence-corrected chi connectivity index (χ0v) is 26.9. The van der Waals surface area contributed by atoms with E-state index in [0.29, 0.717) is 18.0 Å². The number of hydrogen-bond acceptors (Lipinski definition) is 8. The van der Waals surface area contributed by atoms with Gasteiger partial charge in [-0.2, -0.15) is 0 Å². The van der Waals surface area contributed by atoms with Gasteiger partial charge in [-0.3, -0.25) is 0 Å². The van der Waals surface area contributed by atoms with E-state index in [0.717, 1.165) is 19.0 Å². The summed E-state index contributed by atoms with van der Waals surface area (Å²) in [7, 11) is -1.41. The quantitative estimate of drug-likeness (QED) is 0.141. The predicted octanol–water partition coefficient (Wildman–Crippen LogP) is 5.58. The maximum absolute atomic E-state index is 11.5. The molecule has 0 rings (SSSR count). The molecule has 0 fully saturated rings. The molecule has 0 saturated heterocycles. The second kappa shape index (κ2) is 15.6. The lowest BCUT2D eigenvalue weighted by Crippen LogP contribution is -2.57. The van der Waals surface area contributed by atoms with Gasteiger partial charge in [0.1, 0.15) is 0 Å². The Morgan fingerprint density at radius 2 is 1.20 bits per heavy atom. The summed E-state index contributed by atoms with van der Waals surface area (Å²) in [6, 6.07) is 1.55. The maximum Gasteiger partial charge on any atom is 0.502 e. The van der Waals surface area contributed by atoms with E-state index in [1.54, 1.807) is 21.1 Å². The van der Waals surface area contributed by atoms with Gasteiger partial charge in [-0.15, -0.1) is 0 Å². The minimum atomic E-state index is -3.01. The SMILES string of the molecule is C=C(C)C(=O)OCCC[Si](OC(C)(C)C)(OC(C)(C)C)OC(C)(C)C.CO[Si](C)(CCCN)OC. The van der Waals surface area contributed by atoms with Crippen LogP contribution in [-0.4, -0.2) is 67.5 Å². The molecule has 0 aliphatic carbocycles. The maximum atomic E-state index is 11.5. The Hall–Kier alpha value is -0.596. The van der Waals surface area contributed by atoms with Crippen LogP contribution < -0.4 is 5.73 Å². The van der Waals surface area contributed by atoms with E-state index in [-0.39, 0.29) is 12.6 Å². The Morgan fingerprint density at radius 3 is 1.49 bits per heavy atom. The summed E-state index contributed by atoms with van der Waals surface area (Å²) >= 11 is 0. The summed E-state index contributed by atoms with van der Waals surface area (Å²) in [5.74, 6) is -0.377. The first-order chi connectivity index (χ1) is 15.6. The molecule has 0 unspecified atom stereocenters. The summed E-state index contributed by atoms with van der Waals surface area (Å²) in [5.41, 5.74) is 4.53. The minimum absolute atomic E-state index is 0.287. The lowest BCUT2D eigenvalue weighted by atomic mass is 10.2. The molecule has 2 N–H and O–H groups in total. The third kappa shape index (κ3) is 20.2. The number of carbonyl (C=O) groups excluding carboxylic acids is 1. The number of ether oxygens (including phenoxy) is 1. The minimum Gasteiger partial charge on any atom is -0.462 e. The number of esters is 1. The van der Waals surface area contributed by atoms with Crippen molar-refractivity contribution in [1.82, 2.24) is 0 Å². The molecule has 0 aromatic rings. The van der Waals surface area contributed by atoms with Gasteiger partial charge in [0.05, 0.1) is 23.4 Å². The van der Waals surface area contributed by atoms with Crippen molar-refractivity contribution in [3.63, 3.8) is 0 Å². The molecule has 0 spiro atoms. The van der Waals surface area contributed by atoms with Crippen LogP contribution in [0, 0.1) is 0 Å². The average Bonchev–Trinajstić information content (AvgIpc) is 2.65. The fourth-order valence-corrected chi connectivity index (χ4v) is 8.13. The Kier molecular flexibility index (Phi) is 16.3. The zero-order valence-electron chi connectivity index (χ0n) is 24.9. The first-order valence-corrected chi connectivity index (χ1v) is 16.8. The number of carbonyl (C=O) groups is 1. The topological polar surface area (TPSA) is 98.5 Å². The molecule has 0 atom stereocenters. The van der Waals surface area contributed by atoms with Crippen LogP contribution in [0.3, 0.4) is 0 Å². The first-order valence-electron chi connectivity index (χ1n) is 12.4. The first kappa shape index (κ1) is 36.6. The lowest BCUT2D eigenvalue weighted by molar-refractivity contribution is -0.139. The van der Waals surface area contributed by atoms with Gasteiger partial charge in [0.2, 0.25) is 0 Å². The molecular weight excluding hydrogens is 482 g/mol. The summed E-state index contributed by atoms with van der Waals surface area (Å²) in [4.78, 5) is 11.5. The number of nitrogens with two attached hydrogens (primary N) is 1. The molecule has 0 radical (unpaired) electrons. The van der Waals surface area contributed by atoms with Crippen molar-refractivity contribution < 1.29 is 31.7 Å². The number of rotatable bonds is 13. The fraction of sp³-hybridized carbons (Fsp3) is 0.880. The van der Waals surface area contributed by atoms with E-state index in [4.69, 9.17) is 32.6 Å². The van der Waals surface area contributed by atoms with Crippen LogP contribution in [-0.2, 0) is 31.7 Å². The molecule has 0 heterocycles. The van der Waals surface area contributed by atoms with Gasteiger partial charge in [0, 0.05) is 25.8 Å². The van der Waals surface area contributed by atoms with Crippen molar-refractivity contribution in [2.45, 2.75) is 118 Å². The summed E-state index contributed by atoms with van der Waals surface area (Å²) in [6.45, 7) is 26.2.